The monoisotopic (exact) mass is 298 g/mol. The molecule has 1 atom stereocenters. The fourth-order valence-electron chi connectivity index (χ4n) is 3.94. The van der Waals surface area contributed by atoms with Crippen LogP contribution in [0.3, 0.4) is 0 Å². The largest absolute Gasteiger partial charge is 0.368 e. The number of primary amides is 1. The van der Waals surface area contributed by atoms with Gasteiger partial charge in [0.1, 0.15) is 6.04 Å². The van der Waals surface area contributed by atoms with Crippen molar-refractivity contribution in [3.63, 3.8) is 0 Å². The van der Waals surface area contributed by atoms with E-state index in [0.717, 1.165) is 48.6 Å². The second-order valence-electron chi connectivity index (χ2n) is 6.25. The molecule has 1 aliphatic carbocycles. The van der Waals surface area contributed by atoms with Crippen molar-refractivity contribution in [3.8, 4) is 0 Å². The highest BCUT2D eigenvalue weighted by molar-refractivity contribution is 6.00. The predicted molar refractivity (Wildman–Crippen MR) is 86.9 cm³/mol. The van der Waals surface area contributed by atoms with Gasteiger partial charge in [-0.2, -0.15) is 0 Å². The van der Waals surface area contributed by atoms with E-state index in [1.165, 1.54) is 6.42 Å². The molecule has 116 valence electrons. The number of aldehydes is 1. The van der Waals surface area contributed by atoms with Gasteiger partial charge in [0.05, 0.1) is 0 Å². The van der Waals surface area contributed by atoms with Crippen molar-refractivity contribution in [1.82, 2.24) is 4.57 Å². The molecule has 1 aromatic heterocycles. The summed E-state index contributed by atoms with van der Waals surface area (Å²) in [7, 11) is 0. The quantitative estimate of drug-likeness (QED) is 0.879. The molecule has 0 spiro atoms. The molecule has 22 heavy (non-hydrogen) atoms. The third-order valence-electron chi connectivity index (χ3n) is 4.99. The number of hydrogen-bond donors (Lipinski definition) is 1. The van der Waals surface area contributed by atoms with E-state index in [1.54, 1.807) is 0 Å². The standard InChI is InChI=1S/C18H22N2O2/c1-12-15(11-21)14-9-5-6-10-16(14)20(12)17(18(19)22)13-7-3-2-4-8-13/h5-6,9-11,13,17H,2-4,7-8H2,1H3,(H2,19,22). The lowest BCUT2D eigenvalue weighted by atomic mass is 9.83. The normalized spacial score (nSPS) is 17.5. The number of nitrogens with two attached hydrogens (primary N) is 1. The molecule has 0 saturated heterocycles. The summed E-state index contributed by atoms with van der Waals surface area (Å²) in [5, 5.41) is 0.900. The molecule has 2 N–H and O–H groups in total. The molecule has 4 nitrogen and oxygen atoms in total. The van der Waals surface area contributed by atoms with Gasteiger partial charge in [0.2, 0.25) is 5.91 Å². The Hall–Kier alpha value is -2.10. The van der Waals surface area contributed by atoms with Gasteiger partial charge in [-0.25, -0.2) is 0 Å². The Balaban J connectivity index is 2.19. The molecule has 1 aromatic carbocycles. The lowest BCUT2D eigenvalue weighted by Crippen LogP contribution is -2.34. The van der Waals surface area contributed by atoms with Gasteiger partial charge < -0.3 is 10.3 Å². The second kappa shape index (κ2) is 5.95. The van der Waals surface area contributed by atoms with Gasteiger partial charge in [0.15, 0.2) is 6.29 Å². The highest BCUT2D eigenvalue weighted by Gasteiger charge is 2.32. The first kappa shape index (κ1) is 14.8. The van der Waals surface area contributed by atoms with Crippen molar-refractivity contribution in [3.05, 3.63) is 35.5 Å². The van der Waals surface area contributed by atoms with Crippen LogP contribution in [0.1, 0.15) is 54.2 Å². The van der Waals surface area contributed by atoms with Crippen LogP contribution < -0.4 is 5.73 Å². The molecular formula is C18H22N2O2. The van der Waals surface area contributed by atoms with Crippen molar-refractivity contribution in [2.45, 2.75) is 45.1 Å². The van der Waals surface area contributed by atoms with Gasteiger partial charge >= 0.3 is 0 Å². The van der Waals surface area contributed by atoms with E-state index in [1.807, 2.05) is 35.8 Å². The average molecular weight is 298 g/mol. The Morgan fingerprint density at radius 2 is 1.95 bits per heavy atom. The molecule has 0 bridgehead atoms. The topological polar surface area (TPSA) is 65.1 Å². The van der Waals surface area contributed by atoms with Crippen molar-refractivity contribution in [1.29, 1.82) is 0 Å². The van der Waals surface area contributed by atoms with Crippen LogP contribution in [0.5, 0.6) is 0 Å². The molecule has 2 aromatic rings. The number of hydrogen-bond acceptors (Lipinski definition) is 2. The molecule has 1 heterocycles. The van der Waals surface area contributed by atoms with Crippen molar-refractivity contribution in [2.24, 2.45) is 11.7 Å². The Morgan fingerprint density at radius 1 is 1.27 bits per heavy atom. The SMILES string of the molecule is Cc1c(C=O)c2ccccc2n1C(C(N)=O)C1CCCCC1. The lowest BCUT2D eigenvalue weighted by Gasteiger charge is -2.30. The van der Waals surface area contributed by atoms with Crippen molar-refractivity contribution in [2.75, 3.05) is 0 Å². The van der Waals surface area contributed by atoms with Crippen LogP contribution in [0.15, 0.2) is 24.3 Å². The highest BCUT2D eigenvalue weighted by Crippen LogP contribution is 2.37. The van der Waals surface area contributed by atoms with E-state index < -0.39 is 0 Å². The number of nitrogens with zero attached hydrogens (tertiary/aromatic N) is 1. The van der Waals surface area contributed by atoms with Gasteiger partial charge in [0, 0.05) is 22.2 Å². The molecule has 0 radical (unpaired) electrons. The van der Waals surface area contributed by atoms with Crippen LogP contribution in [0.25, 0.3) is 10.9 Å². The molecule has 3 rings (SSSR count). The lowest BCUT2D eigenvalue weighted by molar-refractivity contribution is -0.123. The van der Waals surface area contributed by atoms with Crippen LogP contribution in [0.4, 0.5) is 0 Å². The number of carbonyl (C=O) groups excluding carboxylic acids is 2. The summed E-state index contributed by atoms with van der Waals surface area (Å²) in [4.78, 5) is 23.7. The Bertz CT molecular complexity index is 711. The predicted octanol–water partition coefficient (Wildman–Crippen LogP) is 3.37. The van der Waals surface area contributed by atoms with E-state index in [4.69, 9.17) is 5.73 Å². The number of aromatic nitrogens is 1. The third kappa shape index (κ3) is 2.32. The summed E-state index contributed by atoms with van der Waals surface area (Å²) in [6, 6.07) is 7.39. The zero-order valence-electron chi connectivity index (χ0n) is 12.9. The third-order valence-corrected chi connectivity index (χ3v) is 4.99. The number of amides is 1. The maximum atomic E-state index is 12.2. The summed E-state index contributed by atoms with van der Waals surface area (Å²) in [5.74, 6) is -0.0338. The first-order chi connectivity index (χ1) is 10.6. The van der Waals surface area contributed by atoms with Gasteiger partial charge in [-0.1, -0.05) is 37.5 Å². The van der Waals surface area contributed by atoms with Crippen LogP contribution in [-0.2, 0) is 4.79 Å². The Morgan fingerprint density at radius 3 is 2.59 bits per heavy atom. The van der Waals surface area contributed by atoms with E-state index in [2.05, 4.69) is 0 Å². The van der Waals surface area contributed by atoms with Crippen LogP contribution in [-0.4, -0.2) is 16.8 Å². The second-order valence-corrected chi connectivity index (χ2v) is 6.25. The number of rotatable bonds is 4. The van der Waals surface area contributed by atoms with E-state index >= 15 is 0 Å². The first-order valence-electron chi connectivity index (χ1n) is 7.99. The summed E-state index contributed by atoms with van der Waals surface area (Å²) in [6.45, 7) is 1.91. The number of fused-ring (bicyclic) bond motifs is 1. The fourth-order valence-corrected chi connectivity index (χ4v) is 3.94. The minimum atomic E-state index is -0.362. The number of para-hydroxylation sites is 1. The molecule has 0 aliphatic heterocycles. The molecule has 1 fully saturated rings. The average Bonchev–Trinajstić information content (AvgIpc) is 2.81. The van der Waals surface area contributed by atoms with E-state index in [9.17, 15) is 9.59 Å². The summed E-state index contributed by atoms with van der Waals surface area (Å²) in [6.07, 6.45) is 6.45. The number of carbonyl (C=O) groups is 2. The number of benzene rings is 1. The molecular weight excluding hydrogens is 276 g/mol. The minimum absolute atomic E-state index is 0.264. The summed E-state index contributed by atoms with van der Waals surface area (Å²) < 4.78 is 2.00. The molecule has 1 saturated carbocycles. The summed E-state index contributed by atoms with van der Waals surface area (Å²) in [5.41, 5.74) is 8.19. The van der Waals surface area contributed by atoms with E-state index in [0.29, 0.717) is 5.56 Å². The Labute approximate surface area is 130 Å². The zero-order valence-corrected chi connectivity index (χ0v) is 12.9. The van der Waals surface area contributed by atoms with Gasteiger partial charge in [-0.3, -0.25) is 9.59 Å². The smallest absolute Gasteiger partial charge is 0.240 e. The first-order valence-corrected chi connectivity index (χ1v) is 7.99. The van der Waals surface area contributed by atoms with Gasteiger partial charge in [-0.05, 0) is 31.7 Å². The van der Waals surface area contributed by atoms with Crippen molar-refractivity contribution < 1.29 is 9.59 Å². The maximum absolute atomic E-state index is 12.2. The molecule has 1 amide bonds. The van der Waals surface area contributed by atoms with E-state index in [-0.39, 0.29) is 17.9 Å². The van der Waals surface area contributed by atoms with Crippen LogP contribution in [0.2, 0.25) is 0 Å². The Kier molecular flexibility index (Phi) is 4.01. The zero-order chi connectivity index (χ0) is 15.7. The minimum Gasteiger partial charge on any atom is -0.368 e. The highest BCUT2D eigenvalue weighted by atomic mass is 16.1. The maximum Gasteiger partial charge on any atom is 0.240 e. The van der Waals surface area contributed by atoms with Gasteiger partial charge in [0.25, 0.3) is 0 Å². The molecule has 4 heteroatoms. The van der Waals surface area contributed by atoms with Crippen LogP contribution >= 0.6 is 0 Å². The fraction of sp³-hybridized carbons (Fsp3) is 0.444. The van der Waals surface area contributed by atoms with Crippen molar-refractivity contribution >= 4 is 23.1 Å². The van der Waals surface area contributed by atoms with Gasteiger partial charge in [-0.15, -0.1) is 0 Å². The summed E-state index contributed by atoms with van der Waals surface area (Å²) >= 11 is 0. The molecule has 1 aliphatic rings. The van der Waals surface area contributed by atoms with Crippen LogP contribution in [0, 0.1) is 12.8 Å². The molecule has 1 unspecified atom stereocenters.